The van der Waals surface area contributed by atoms with Gasteiger partial charge in [0.1, 0.15) is 11.6 Å². The first-order valence-corrected chi connectivity index (χ1v) is 8.41. The van der Waals surface area contributed by atoms with Crippen molar-refractivity contribution < 1.29 is 22.4 Å². The number of rotatable bonds is 5. The molecule has 2 aromatic rings. The van der Waals surface area contributed by atoms with E-state index < -0.39 is 23.0 Å². The number of hydrogen-bond donors (Lipinski definition) is 2. The number of amides is 1. The van der Waals surface area contributed by atoms with Crippen molar-refractivity contribution in [2.75, 3.05) is 18.9 Å². The van der Waals surface area contributed by atoms with Crippen LogP contribution in [-0.4, -0.2) is 29.7 Å². The largest absolute Gasteiger partial charge is 0.416 e. The van der Waals surface area contributed by atoms with Crippen LogP contribution in [0.3, 0.4) is 0 Å². The molecular weight excluding hydrogens is 364 g/mol. The molecule has 2 N–H and O–H groups in total. The molecule has 1 aromatic heterocycles. The predicted octanol–water partition coefficient (Wildman–Crippen LogP) is 3.53. The summed E-state index contributed by atoms with van der Waals surface area (Å²) < 4.78 is 52.8. The monoisotopic (exact) mass is 382 g/mol. The van der Waals surface area contributed by atoms with E-state index in [0.717, 1.165) is 18.6 Å². The van der Waals surface area contributed by atoms with E-state index in [1.165, 1.54) is 13.1 Å². The summed E-state index contributed by atoms with van der Waals surface area (Å²) in [6.07, 6.45) is -2.47. The summed E-state index contributed by atoms with van der Waals surface area (Å²) >= 11 is 0. The maximum absolute atomic E-state index is 13.8. The summed E-state index contributed by atoms with van der Waals surface area (Å²) in [4.78, 5) is 11.5. The van der Waals surface area contributed by atoms with Gasteiger partial charge in [-0.15, -0.1) is 10.2 Å². The zero-order valence-corrected chi connectivity index (χ0v) is 14.5. The highest BCUT2D eigenvalue weighted by molar-refractivity contribution is 5.91. The molecule has 3 rings (SSSR count). The number of aromatic nitrogens is 2. The van der Waals surface area contributed by atoms with E-state index in [2.05, 4.69) is 20.8 Å². The lowest BCUT2D eigenvalue weighted by molar-refractivity contribution is -0.137. The third kappa shape index (κ3) is 4.01. The molecule has 1 fully saturated rings. The summed E-state index contributed by atoms with van der Waals surface area (Å²) in [5.41, 5.74) is -1.10. The molecule has 27 heavy (non-hydrogen) atoms. The molecule has 1 aromatic carbocycles. The predicted molar refractivity (Wildman–Crippen MR) is 90.8 cm³/mol. The summed E-state index contributed by atoms with van der Waals surface area (Å²) in [6, 6.07) is 5.75. The molecule has 1 amide bonds. The fourth-order valence-corrected chi connectivity index (χ4v) is 3.17. The average molecular weight is 382 g/mol. The Morgan fingerprint density at radius 3 is 2.44 bits per heavy atom. The first kappa shape index (κ1) is 19.1. The number of carbonyl (C=O) groups is 1. The smallest absolute Gasteiger partial charge is 0.368 e. The van der Waals surface area contributed by atoms with Crippen molar-refractivity contribution in [1.29, 1.82) is 0 Å². The van der Waals surface area contributed by atoms with E-state index in [4.69, 9.17) is 0 Å². The summed E-state index contributed by atoms with van der Waals surface area (Å²) in [5, 5.41) is 13.2. The second-order valence-corrected chi connectivity index (χ2v) is 6.60. The van der Waals surface area contributed by atoms with Crippen molar-refractivity contribution in [3.05, 3.63) is 53.0 Å². The van der Waals surface area contributed by atoms with Crippen LogP contribution >= 0.6 is 0 Å². The van der Waals surface area contributed by atoms with Gasteiger partial charge in [0.2, 0.25) is 0 Å². The van der Waals surface area contributed by atoms with Crippen molar-refractivity contribution in [2.45, 2.75) is 30.9 Å². The molecule has 0 radical (unpaired) electrons. The third-order valence-corrected chi connectivity index (χ3v) is 4.88. The minimum Gasteiger partial charge on any atom is -0.368 e. The van der Waals surface area contributed by atoms with Crippen LogP contribution in [0.4, 0.5) is 23.4 Å². The number of nitrogens with one attached hydrogen (secondary N) is 2. The van der Waals surface area contributed by atoms with Gasteiger partial charge in [-0.25, -0.2) is 4.39 Å². The summed E-state index contributed by atoms with van der Waals surface area (Å²) in [6.45, 7) is 0.293. The second-order valence-electron chi connectivity index (χ2n) is 6.60. The SMILES string of the molecule is CNC(=O)c1ccc(NCC2(c3cc(F)cc(C(F)(F)F)c3)CCC2)nn1. The van der Waals surface area contributed by atoms with E-state index in [9.17, 15) is 22.4 Å². The number of hydrogen-bond acceptors (Lipinski definition) is 4. The molecule has 0 spiro atoms. The lowest BCUT2D eigenvalue weighted by atomic mass is 9.64. The topological polar surface area (TPSA) is 66.9 Å². The number of carbonyl (C=O) groups excluding carboxylic acids is 1. The minimum atomic E-state index is -4.60. The van der Waals surface area contributed by atoms with Gasteiger partial charge in [-0.3, -0.25) is 4.79 Å². The van der Waals surface area contributed by atoms with Crippen LogP contribution in [0.5, 0.6) is 0 Å². The Hall–Kier alpha value is -2.71. The van der Waals surface area contributed by atoms with Crippen molar-refractivity contribution in [3.8, 4) is 0 Å². The van der Waals surface area contributed by atoms with Gasteiger partial charge < -0.3 is 10.6 Å². The zero-order chi connectivity index (χ0) is 19.7. The van der Waals surface area contributed by atoms with Crippen molar-refractivity contribution in [2.24, 2.45) is 0 Å². The number of anilines is 1. The number of halogens is 4. The number of alkyl halides is 3. The molecule has 5 nitrogen and oxygen atoms in total. The fraction of sp³-hybridized carbons (Fsp3) is 0.389. The lowest BCUT2D eigenvalue weighted by Crippen LogP contribution is -2.41. The van der Waals surface area contributed by atoms with Gasteiger partial charge >= 0.3 is 6.18 Å². The normalized spacial score (nSPS) is 15.7. The minimum absolute atomic E-state index is 0.154. The van der Waals surface area contributed by atoms with Crippen molar-refractivity contribution >= 4 is 11.7 Å². The van der Waals surface area contributed by atoms with Crippen LogP contribution in [0, 0.1) is 5.82 Å². The summed E-state index contributed by atoms with van der Waals surface area (Å²) in [7, 11) is 1.48. The molecule has 1 heterocycles. The molecule has 0 aliphatic heterocycles. The number of benzene rings is 1. The second kappa shape index (κ2) is 7.13. The van der Waals surface area contributed by atoms with Gasteiger partial charge in [-0.2, -0.15) is 13.2 Å². The molecule has 144 valence electrons. The van der Waals surface area contributed by atoms with Crippen LogP contribution in [0.25, 0.3) is 0 Å². The Morgan fingerprint density at radius 1 is 1.19 bits per heavy atom. The van der Waals surface area contributed by atoms with E-state index in [-0.39, 0.29) is 11.6 Å². The van der Waals surface area contributed by atoms with Gasteiger partial charge in [0.05, 0.1) is 5.56 Å². The quantitative estimate of drug-likeness (QED) is 0.777. The van der Waals surface area contributed by atoms with Crippen LogP contribution in [0.15, 0.2) is 30.3 Å². The van der Waals surface area contributed by atoms with E-state index in [1.54, 1.807) is 6.07 Å². The fourth-order valence-electron chi connectivity index (χ4n) is 3.17. The molecule has 0 saturated heterocycles. The Kier molecular flexibility index (Phi) is 5.03. The lowest BCUT2D eigenvalue weighted by Gasteiger charge is -2.43. The van der Waals surface area contributed by atoms with Crippen molar-refractivity contribution in [3.63, 3.8) is 0 Å². The first-order chi connectivity index (χ1) is 12.7. The maximum atomic E-state index is 13.8. The van der Waals surface area contributed by atoms with Gasteiger partial charge in [0.15, 0.2) is 5.69 Å². The highest BCUT2D eigenvalue weighted by atomic mass is 19.4. The highest BCUT2D eigenvalue weighted by Gasteiger charge is 2.41. The van der Waals surface area contributed by atoms with E-state index >= 15 is 0 Å². The van der Waals surface area contributed by atoms with Crippen LogP contribution in [0.1, 0.15) is 40.9 Å². The Morgan fingerprint density at radius 2 is 1.93 bits per heavy atom. The molecular formula is C18H18F4N4O. The standard InChI is InChI=1S/C18H18F4N4O/c1-23-16(27)14-3-4-15(26-25-14)24-10-17(5-2-6-17)11-7-12(18(20,21)22)9-13(19)8-11/h3-4,7-9H,2,5-6,10H2,1H3,(H,23,27)(H,24,26). The van der Waals surface area contributed by atoms with E-state index in [1.807, 2.05) is 0 Å². The molecule has 1 aliphatic rings. The summed E-state index contributed by atoms with van der Waals surface area (Å²) in [5.74, 6) is -0.883. The molecule has 1 saturated carbocycles. The molecule has 1 aliphatic carbocycles. The number of nitrogens with zero attached hydrogens (tertiary/aromatic N) is 2. The van der Waals surface area contributed by atoms with Crippen LogP contribution in [-0.2, 0) is 11.6 Å². The first-order valence-electron chi connectivity index (χ1n) is 8.41. The van der Waals surface area contributed by atoms with Crippen LogP contribution < -0.4 is 10.6 Å². The molecule has 0 bridgehead atoms. The van der Waals surface area contributed by atoms with Gasteiger partial charge in [-0.1, -0.05) is 6.42 Å². The average Bonchev–Trinajstić information content (AvgIpc) is 2.59. The molecule has 0 atom stereocenters. The zero-order valence-electron chi connectivity index (χ0n) is 14.5. The van der Waals surface area contributed by atoms with Gasteiger partial charge in [-0.05, 0) is 48.7 Å². The van der Waals surface area contributed by atoms with Crippen LogP contribution in [0.2, 0.25) is 0 Å². The Labute approximate surface area is 153 Å². The Bertz CT molecular complexity index is 832. The molecule has 9 heteroatoms. The third-order valence-electron chi connectivity index (χ3n) is 4.88. The van der Waals surface area contributed by atoms with Gasteiger partial charge in [0.25, 0.3) is 5.91 Å². The molecule has 0 unspecified atom stereocenters. The highest BCUT2D eigenvalue weighted by Crippen LogP contribution is 2.45. The van der Waals surface area contributed by atoms with Crippen molar-refractivity contribution in [1.82, 2.24) is 15.5 Å². The van der Waals surface area contributed by atoms with Gasteiger partial charge in [0, 0.05) is 19.0 Å². The van der Waals surface area contributed by atoms with E-state index in [0.29, 0.717) is 36.8 Å². The maximum Gasteiger partial charge on any atom is 0.416 e. The Balaban J connectivity index is 1.79.